The number of ether oxygens (including phenoxy) is 1. The maximum atomic E-state index is 5.83. The molecule has 1 aliphatic rings. The van der Waals surface area contributed by atoms with Crippen LogP contribution in [0.2, 0.25) is 0 Å². The van der Waals surface area contributed by atoms with Crippen molar-refractivity contribution in [2.45, 2.75) is 39.4 Å². The molecule has 2 nitrogen and oxygen atoms in total. The van der Waals surface area contributed by atoms with E-state index in [-0.39, 0.29) is 0 Å². The second kappa shape index (κ2) is 4.24. The maximum absolute atomic E-state index is 5.83. The monoisotopic (exact) mass is 171 g/mol. The van der Waals surface area contributed by atoms with Crippen molar-refractivity contribution in [3.05, 3.63) is 0 Å². The number of rotatable bonds is 2. The Morgan fingerprint density at radius 1 is 1.42 bits per heavy atom. The molecule has 0 spiro atoms. The third-order valence-corrected chi connectivity index (χ3v) is 2.48. The molecule has 0 bridgehead atoms. The summed E-state index contributed by atoms with van der Waals surface area (Å²) in [6.07, 6.45) is 2.05. The van der Waals surface area contributed by atoms with Gasteiger partial charge in [-0.05, 0) is 33.2 Å². The molecule has 1 heterocycles. The van der Waals surface area contributed by atoms with Crippen molar-refractivity contribution in [1.82, 2.24) is 4.90 Å². The number of hydrogen-bond donors (Lipinski definition) is 0. The van der Waals surface area contributed by atoms with Crippen LogP contribution in [0.4, 0.5) is 0 Å². The molecular weight excluding hydrogens is 150 g/mol. The van der Waals surface area contributed by atoms with Crippen LogP contribution in [0.15, 0.2) is 0 Å². The predicted octanol–water partition coefficient (Wildman–Crippen LogP) is 1.75. The smallest absolute Gasteiger partial charge is 0.0628 e. The lowest BCUT2D eigenvalue weighted by molar-refractivity contribution is -0.0531. The molecule has 0 aliphatic carbocycles. The van der Waals surface area contributed by atoms with Crippen molar-refractivity contribution in [2.24, 2.45) is 5.92 Å². The van der Waals surface area contributed by atoms with E-state index in [2.05, 4.69) is 32.7 Å². The topological polar surface area (TPSA) is 12.5 Å². The van der Waals surface area contributed by atoms with E-state index in [0.29, 0.717) is 18.1 Å². The summed E-state index contributed by atoms with van der Waals surface area (Å²) in [5.41, 5.74) is 0. The van der Waals surface area contributed by atoms with Gasteiger partial charge in [-0.25, -0.2) is 0 Å². The second-order valence-electron chi connectivity index (χ2n) is 4.25. The first-order chi connectivity index (χ1) is 5.59. The van der Waals surface area contributed by atoms with E-state index < -0.39 is 0 Å². The Morgan fingerprint density at radius 2 is 2.08 bits per heavy atom. The molecule has 0 saturated carbocycles. The zero-order valence-corrected chi connectivity index (χ0v) is 8.71. The molecule has 0 N–H and O–H groups in total. The van der Waals surface area contributed by atoms with Gasteiger partial charge >= 0.3 is 0 Å². The van der Waals surface area contributed by atoms with E-state index in [4.69, 9.17) is 4.74 Å². The minimum atomic E-state index is 0.376. The summed E-state index contributed by atoms with van der Waals surface area (Å²) in [5, 5.41) is 0. The van der Waals surface area contributed by atoms with Gasteiger partial charge in [0.1, 0.15) is 0 Å². The zero-order valence-electron chi connectivity index (χ0n) is 8.71. The van der Waals surface area contributed by atoms with Crippen LogP contribution in [-0.2, 0) is 4.74 Å². The molecule has 0 unspecified atom stereocenters. The molecule has 0 amide bonds. The predicted molar refractivity (Wildman–Crippen MR) is 51.3 cm³/mol. The summed E-state index contributed by atoms with van der Waals surface area (Å²) in [6.45, 7) is 8.87. The largest absolute Gasteiger partial charge is 0.375 e. The van der Waals surface area contributed by atoms with Crippen LogP contribution in [0, 0.1) is 5.92 Å². The fourth-order valence-electron chi connectivity index (χ4n) is 1.88. The first kappa shape index (κ1) is 10.0. The lowest BCUT2D eigenvalue weighted by Crippen LogP contribution is -2.41. The Balaban J connectivity index is 2.34. The Labute approximate surface area is 75.9 Å². The fraction of sp³-hybridized carbons (Fsp3) is 1.00. The maximum Gasteiger partial charge on any atom is 0.0628 e. The van der Waals surface area contributed by atoms with E-state index in [1.807, 2.05) is 0 Å². The minimum absolute atomic E-state index is 0.376. The second-order valence-corrected chi connectivity index (χ2v) is 4.25. The molecule has 1 aliphatic heterocycles. The Kier molecular flexibility index (Phi) is 3.53. The van der Waals surface area contributed by atoms with Gasteiger partial charge in [0.25, 0.3) is 0 Å². The fourth-order valence-corrected chi connectivity index (χ4v) is 1.88. The van der Waals surface area contributed by atoms with Crippen molar-refractivity contribution < 1.29 is 4.74 Å². The van der Waals surface area contributed by atoms with E-state index in [1.165, 1.54) is 19.5 Å². The molecular formula is C10H21NO. The third-order valence-electron chi connectivity index (χ3n) is 2.48. The SMILES string of the molecule is CC(C)O[C@@H]1CCN(C)C[C@@H]1C. The molecule has 0 aromatic carbocycles. The van der Waals surface area contributed by atoms with E-state index in [9.17, 15) is 0 Å². The molecule has 1 saturated heterocycles. The summed E-state index contributed by atoms with van der Waals surface area (Å²) in [7, 11) is 2.18. The first-order valence-corrected chi connectivity index (χ1v) is 4.93. The highest BCUT2D eigenvalue weighted by Gasteiger charge is 2.25. The van der Waals surface area contributed by atoms with Crippen LogP contribution in [-0.4, -0.2) is 37.2 Å². The molecule has 1 rings (SSSR count). The quantitative estimate of drug-likeness (QED) is 0.627. The zero-order chi connectivity index (χ0) is 9.14. The van der Waals surface area contributed by atoms with Crippen molar-refractivity contribution in [2.75, 3.05) is 20.1 Å². The van der Waals surface area contributed by atoms with Gasteiger partial charge in [-0.15, -0.1) is 0 Å². The minimum Gasteiger partial charge on any atom is -0.375 e. The molecule has 0 aromatic rings. The molecule has 0 aromatic heterocycles. The molecule has 12 heavy (non-hydrogen) atoms. The van der Waals surface area contributed by atoms with Gasteiger partial charge in [-0.3, -0.25) is 0 Å². The number of likely N-dealkylation sites (tertiary alicyclic amines) is 1. The highest BCUT2D eigenvalue weighted by atomic mass is 16.5. The summed E-state index contributed by atoms with van der Waals surface area (Å²) >= 11 is 0. The number of hydrogen-bond acceptors (Lipinski definition) is 2. The van der Waals surface area contributed by atoms with Gasteiger partial charge in [-0.1, -0.05) is 6.92 Å². The van der Waals surface area contributed by atoms with E-state index in [0.717, 1.165) is 0 Å². The summed E-state index contributed by atoms with van der Waals surface area (Å²) in [4.78, 5) is 2.38. The first-order valence-electron chi connectivity index (χ1n) is 4.93. The summed E-state index contributed by atoms with van der Waals surface area (Å²) < 4.78 is 5.83. The highest BCUT2D eigenvalue weighted by Crippen LogP contribution is 2.19. The van der Waals surface area contributed by atoms with Gasteiger partial charge in [-0.2, -0.15) is 0 Å². The van der Waals surface area contributed by atoms with Gasteiger partial charge in [0.15, 0.2) is 0 Å². The molecule has 2 atom stereocenters. The van der Waals surface area contributed by atoms with Crippen LogP contribution >= 0.6 is 0 Å². The van der Waals surface area contributed by atoms with Crippen LogP contribution in [0.25, 0.3) is 0 Å². The molecule has 1 fully saturated rings. The third kappa shape index (κ3) is 2.76. The van der Waals surface area contributed by atoms with Crippen LogP contribution in [0.3, 0.4) is 0 Å². The lowest BCUT2D eigenvalue weighted by Gasteiger charge is -2.35. The highest BCUT2D eigenvalue weighted by molar-refractivity contribution is 4.76. The summed E-state index contributed by atoms with van der Waals surface area (Å²) in [5.74, 6) is 0.686. The van der Waals surface area contributed by atoms with Gasteiger partial charge in [0.2, 0.25) is 0 Å². The lowest BCUT2D eigenvalue weighted by atomic mass is 9.97. The van der Waals surface area contributed by atoms with Crippen molar-refractivity contribution in [3.63, 3.8) is 0 Å². The van der Waals surface area contributed by atoms with Crippen LogP contribution in [0.5, 0.6) is 0 Å². The van der Waals surface area contributed by atoms with E-state index in [1.54, 1.807) is 0 Å². The van der Waals surface area contributed by atoms with Gasteiger partial charge < -0.3 is 9.64 Å². The Morgan fingerprint density at radius 3 is 2.58 bits per heavy atom. The average Bonchev–Trinajstić information content (AvgIpc) is 1.94. The van der Waals surface area contributed by atoms with Crippen LogP contribution < -0.4 is 0 Å². The Bertz CT molecular complexity index is 136. The average molecular weight is 171 g/mol. The van der Waals surface area contributed by atoms with Crippen molar-refractivity contribution in [3.8, 4) is 0 Å². The number of piperidine rings is 1. The normalized spacial score (nSPS) is 32.8. The van der Waals surface area contributed by atoms with Crippen molar-refractivity contribution in [1.29, 1.82) is 0 Å². The molecule has 2 heteroatoms. The molecule has 0 radical (unpaired) electrons. The standard InChI is InChI=1S/C10H21NO/c1-8(2)12-10-5-6-11(4)7-9(10)3/h8-10H,5-7H2,1-4H3/t9-,10+/m0/s1. The van der Waals surface area contributed by atoms with Crippen LogP contribution in [0.1, 0.15) is 27.2 Å². The van der Waals surface area contributed by atoms with Gasteiger partial charge in [0, 0.05) is 13.1 Å². The summed E-state index contributed by atoms with van der Waals surface area (Å²) in [6, 6.07) is 0. The van der Waals surface area contributed by atoms with E-state index >= 15 is 0 Å². The van der Waals surface area contributed by atoms with Gasteiger partial charge in [0.05, 0.1) is 12.2 Å². The number of nitrogens with zero attached hydrogens (tertiary/aromatic N) is 1. The molecule has 72 valence electrons. The Hall–Kier alpha value is -0.0800. The van der Waals surface area contributed by atoms with Crippen molar-refractivity contribution >= 4 is 0 Å².